The van der Waals surface area contributed by atoms with Gasteiger partial charge in [-0.15, -0.1) is 22.7 Å². The van der Waals surface area contributed by atoms with Gasteiger partial charge in [0.15, 0.2) is 0 Å². The molecule has 3 aromatic heterocycles. The van der Waals surface area contributed by atoms with E-state index in [9.17, 15) is 0 Å². The third kappa shape index (κ3) is 2.61. The zero-order valence-corrected chi connectivity index (χ0v) is 21.2. The lowest BCUT2D eigenvalue weighted by Gasteiger charge is -2.33. The molecule has 0 saturated carbocycles. The van der Waals surface area contributed by atoms with E-state index in [2.05, 4.69) is 102 Å². The number of rotatable bonds is 1. The van der Waals surface area contributed by atoms with Gasteiger partial charge in [-0.2, -0.15) is 0 Å². The van der Waals surface area contributed by atoms with Crippen LogP contribution < -0.4 is 4.90 Å². The molecule has 172 valence electrons. The van der Waals surface area contributed by atoms with E-state index >= 15 is 0 Å². The Morgan fingerprint density at radius 2 is 1.30 bits per heavy atom. The molecule has 0 saturated heterocycles. The number of para-hydroxylation sites is 1. The van der Waals surface area contributed by atoms with Crippen LogP contribution in [0.15, 0.2) is 109 Å². The maximum atomic E-state index is 4.80. The summed E-state index contributed by atoms with van der Waals surface area (Å²) in [5.74, 6) is 0. The second-order valence-electron chi connectivity index (χ2n) is 9.58. The van der Waals surface area contributed by atoms with Gasteiger partial charge in [-0.25, -0.2) is 0 Å². The van der Waals surface area contributed by atoms with E-state index in [1.54, 1.807) is 0 Å². The summed E-state index contributed by atoms with van der Waals surface area (Å²) in [5, 5.41) is 6.48. The number of thiophene rings is 2. The number of fused-ring (bicyclic) bond motifs is 9. The fourth-order valence-electron chi connectivity index (χ4n) is 6.10. The van der Waals surface area contributed by atoms with Crippen molar-refractivity contribution in [3.63, 3.8) is 0 Å². The van der Waals surface area contributed by atoms with Gasteiger partial charge in [0.05, 0.1) is 21.6 Å². The van der Waals surface area contributed by atoms with Gasteiger partial charge in [0.2, 0.25) is 0 Å². The molecule has 0 atom stereocenters. The average Bonchev–Trinajstić information content (AvgIpc) is 3.51. The lowest BCUT2D eigenvalue weighted by Crippen LogP contribution is -2.14. The molecule has 8 aromatic rings. The van der Waals surface area contributed by atoms with E-state index in [4.69, 9.17) is 4.98 Å². The standard InChI is InChI=1S/C33H18N2S2/c1-3-10-25-20(7-1)24-18-30-32(33-29(37-30)13-6-16-34-33)22-9-5-11-26(31(22)24)35(25)19-14-15-28-23(17-19)21-8-2-4-12-27(21)36-28/h1-18H. The van der Waals surface area contributed by atoms with Crippen molar-refractivity contribution >= 4 is 91.0 Å². The Hall–Kier alpha value is -4.25. The number of aromatic nitrogens is 1. The Balaban J connectivity index is 1.42. The highest BCUT2D eigenvalue weighted by Crippen LogP contribution is 2.54. The molecular weight excluding hydrogens is 489 g/mol. The molecule has 0 amide bonds. The van der Waals surface area contributed by atoms with Crippen LogP contribution in [0.4, 0.5) is 17.1 Å². The van der Waals surface area contributed by atoms with Crippen LogP contribution in [0.25, 0.3) is 62.4 Å². The van der Waals surface area contributed by atoms with Gasteiger partial charge in [0.1, 0.15) is 0 Å². The molecule has 4 heterocycles. The second kappa shape index (κ2) is 7.16. The monoisotopic (exact) mass is 506 g/mol. The zero-order valence-electron chi connectivity index (χ0n) is 19.6. The first-order valence-corrected chi connectivity index (χ1v) is 14.0. The minimum Gasteiger partial charge on any atom is -0.309 e. The Morgan fingerprint density at radius 3 is 2.30 bits per heavy atom. The topological polar surface area (TPSA) is 16.1 Å². The second-order valence-corrected chi connectivity index (χ2v) is 11.7. The molecule has 0 unspecified atom stereocenters. The molecular formula is C33H18N2S2. The molecule has 0 bridgehead atoms. The van der Waals surface area contributed by atoms with Crippen molar-refractivity contribution in [3.8, 4) is 11.1 Å². The summed E-state index contributed by atoms with van der Waals surface area (Å²) in [7, 11) is 0. The minimum absolute atomic E-state index is 1.10. The lowest BCUT2D eigenvalue weighted by atomic mass is 9.89. The Kier molecular flexibility index (Phi) is 3.85. The predicted octanol–water partition coefficient (Wildman–Crippen LogP) is 10.4. The number of benzene rings is 5. The number of anilines is 3. The van der Waals surface area contributed by atoms with Gasteiger partial charge < -0.3 is 4.90 Å². The van der Waals surface area contributed by atoms with Gasteiger partial charge in [-0.05, 0) is 65.5 Å². The largest absolute Gasteiger partial charge is 0.309 e. The smallest absolute Gasteiger partial charge is 0.0894 e. The zero-order chi connectivity index (χ0) is 24.1. The number of hydrogen-bond donors (Lipinski definition) is 0. The van der Waals surface area contributed by atoms with E-state index in [0.717, 1.165) is 5.52 Å². The van der Waals surface area contributed by atoms with E-state index in [1.165, 1.54) is 73.9 Å². The molecule has 1 aliphatic rings. The van der Waals surface area contributed by atoms with Crippen molar-refractivity contribution in [1.82, 2.24) is 4.98 Å². The van der Waals surface area contributed by atoms with E-state index in [1.807, 2.05) is 34.9 Å². The highest BCUT2D eigenvalue weighted by Gasteiger charge is 2.28. The van der Waals surface area contributed by atoms with Crippen molar-refractivity contribution in [1.29, 1.82) is 0 Å². The number of pyridine rings is 1. The van der Waals surface area contributed by atoms with Gasteiger partial charge in [0.25, 0.3) is 0 Å². The van der Waals surface area contributed by atoms with Gasteiger partial charge >= 0.3 is 0 Å². The summed E-state index contributed by atoms with van der Waals surface area (Å²) in [4.78, 5) is 7.25. The third-order valence-electron chi connectivity index (χ3n) is 7.62. The van der Waals surface area contributed by atoms with Crippen LogP contribution in [0, 0.1) is 0 Å². The summed E-state index contributed by atoms with van der Waals surface area (Å²) < 4.78 is 5.19. The Labute approximate surface area is 220 Å². The molecule has 0 aliphatic carbocycles. The molecule has 0 N–H and O–H groups in total. The summed E-state index contributed by atoms with van der Waals surface area (Å²) in [6.45, 7) is 0. The molecule has 2 nitrogen and oxygen atoms in total. The van der Waals surface area contributed by atoms with Crippen LogP contribution >= 0.6 is 22.7 Å². The van der Waals surface area contributed by atoms with Gasteiger partial charge in [0, 0.05) is 53.1 Å². The first-order valence-electron chi connectivity index (χ1n) is 12.4. The first kappa shape index (κ1) is 19.9. The van der Waals surface area contributed by atoms with Crippen molar-refractivity contribution in [2.24, 2.45) is 0 Å². The lowest BCUT2D eigenvalue weighted by molar-refractivity contribution is 1.29. The Morgan fingerprint density at radius 1 is 0.514 bits per heavy atom. The third-order valence-corrected chi connectivity index (χ3v) is 9.87. The number of hydrogen-bond acceptors (Lipinski definition) is 4. The average molecular weight is 507 g/mol. The van der Waals surface area contributed by atoms with E-state index in [0.29, 0.717) is 0 Å². The van der Waals surface area contributed by atoms with Gasteiger partial charge in [-0.1, -0.05) is 48.5 Å². The summed E-state index contributed by atoms with van der Waals surface area (Å²) in [5.41, 5.74) is 7.31. The highest BCUT2D eigenvalue weighted by molar-refractivity contribution is 7.26. The fourth-order valence-corrected chi connectivity index (χ4v) is 8.31. The normalized spacial score (nSPS) is 12.8. The van der Waals surface area contributed by atoms with Gasteiger partial charge in [-0.3, -0.25) is 4.98 Å². The maximum Gasteiger partial charge on any atom is 0.0894 e. The van der Waals surface area contributed by atoms with Crippen molar-refractivity contribution in [3.05, 3.63) is 109 Å². The minimum atomic E-state index is 1.10. The molecule has 1 aliphatic heterocycles. The maximum absolute atomic E-state index is 4.80. The Bertz CT molecular complexity index is 2220. The molecule has 0 radical (unpaired) electrons. The summed E-state index contributed by atoms with van der Waals surface area (Å²) in [6, 6.07) is 37.8. The molecule has 0 fully saturated rings. The van der Waals surface area contributed by atoms with Crippen LogP contribution in [0.2, 0.25) is 0 Å². The predicted molar refractivity (Wildman–Crippen MR) is 161 cm³/mol. The van der Waals surface area contributed by atoms with Crippen LogP contribution in [0.5, 0.6) is 0 Å². The van der Waals surface area contributed by atoms with E-state index < -0.39 is 0 Å². The first-order chi connectivity index (χ1) is 18.3. The van der Waals surface area contributed by atoms with Crippen molar-refractivity contribution < 1.29 is 0 Å². The van der Waals surface area contributed by atoms with Crippen molar-refractivity contribution in [2.45, 2.75) is 0 Å². The quantitative estimate of drug-likeness (QED) is 0.220. The van der Waals surface area contributed by atoms with E-state index in [-0.39, 0.29) is 0 Å². The number of nitrogens with zero attached hydrogens (tertiary/aromatic N) is 2. The van der Waals surface area contributed by atoms with Crippen LogP contribution in [0.3, 0.4) is 0 Å². The molecule has 0 spiro atoms. The molecule has 9 rings (SSSR count). The van der Waals surface area contributed by atoms with Crippen molar-refractivity contribution in [2.75, 3.05) is 4.90 Å². The highest BCUT2D eigenvalue weighted by atomic mass is 32.1. The fraction of sp³-hybridized carbons (Fsp3) is 0. The van der Waals surface area contributed by atoms with Crippen LogP contribution in [-0.4, -0.2) is 4.98 Å². The van der Waals surface area contributed by atoms with Crippen LogP contribution in [0.1, 0.15) is 0 Å². The summed E-state index contributed by atoms with van der Waals surface area (Å²) in [6.07, 6.45) is 1.91. The molecule has 4 heteroatoms. The summed E-state index contributed by atoms with van der Waals surface area (Å²) >= 11 is 3.70. The molecule has 5 aromatic carbocycles. The molecule has 37 heavy (non-hydrogen) atoms. The van der Waals surface area contributed by atoms with Crippen LogP contribution in [-0.2, 0) is 0 Å². The SMILES string of the molecule is c1ccc2c(c1)-c1cc3sc4cccnc4c3c3cccc(c13)N2c1ccc2sc3ccccc3c2c1.